The van der Waals surface area contributed by atoms with Crippen molar-refractivity contribution >= 4 is 17.5 Å². The number of rotatable bonds is 5. The molecular formula is C20H21N5O2. The lowest BCUT2D eigenvalue weighted by atomic mass is 10.2. The molecule has 1 fully saturated rings. The maximum atomic E-state index is 12.5. The molecule has 0 aliphatic carbocycles. The first-order valence-corrected chi connectivity index (χ1v) is 8.72. The van der Waals surface area contributed by atoms with Gasteiger partial charge in [0, 0.05) is 37.7 Å². The quantitative estimate of drug-likeness (QED) is 0.799. The van der Waals surface area contributed by atoms with Crippen LogP contribution in [-0.4, -0.2) is 59.8 Å². The third-order valence-corrected chi connectivity index (χ3v) is 4.49. The second-order valence-corrected chi connectivity index (χ2v) is 6.55. The summed E-state index contributed by atoms with van der Waals surface area (Å²) in [7, 11) is 1.88. The van der Waals surface area contributed by atoms with Gasteiger partial charge in [0.15, 0.2) is 0 Å². The van der Waals surface area contributed by atoms with Crippen molar-refractivity contribution in [3.63, 3.8) is 0 Å². The monoisotopic (exact) mass is 363 g/mol. The second kappa shape index (κ2) is 8.43. The molecule has 1 saturated heterocycles. The van der Waals surface area contributed by atoms with E-state index in [4.69, 9.17) is 5.26 Å². The molecule has 0 unspecified atom stereocenters. The Kier molecular flexibility index (Phi) is 5.79. The van der Waals surface area contributed by atoms with Crippen molar-refractivity contribution in [2.45, 2.75) is 6.54 Å². The predicted molar refractivity (Wildman–Crippen MR) is 101 cm³/mol. The number of likely N-dealkylation sites (N-methyl/N-ethyl adjacent to an activating group) is 1. The topological polar surface area (TPSA) is 80.5 Å². The van der Waals surface area contributed by atoms with Crippen molar-refractivity contribution in [3.05, 3.63) is 59.9 Å². The molecule has 0 spiro atoms. The van der Waals surface area contributed by atoms with Gasteiger partial charge in [-0.3, -0.25) is 19.5 Å². The van der Waals surface area contributed by atoms with Crippen molar-refractivity contribution in [3.8, 4) is 6.07 Å². The maximum absolute atomic E-state index is 12.5. The van der Waals surface area contributed by atoms with Crippen LogP contribution in [0.5, 0.6) is 0 Å². The number of anilines is 1. The van der Waals surface area contributed by atoms with Gasteiger partial charge in [0.05, 0.1) is 18.2 Å². The van der Waals surface area contributed by atoms with Crippen LogP contribution in [0.4, 0.5) is 5.69 Å². The molecule has 7 heteroatoms. The average molecular weight is 363 g/mol. The molecule has 1 aromatic heterocycles. The van der Waals surface area contributed by atoms with Gasteiger partial charge in [0.1, 0.15) is 6.54 Å². The van der Waals surface area contributed by atoms with E-state index in [1.807, 2.05) is 24.1 Å². The van der Waals surface area contributed by atoms with E-state index in [-0.39, 0.29) is 24.9 Å². The number of benzene rings is 1. The fourth-order valence-electron chi connectivity index (χ4n) is 3.06. The molecule has 138 valence electrons. The fraction of sp³-hybridized carbons (Fsp3) is 0.300. The first-order chi connectivity index (χ1) is 13.1. The Labute approximate surface area is 158 Å². The molecule has 2 amide bonds. The number of carbonyl (C=O) groups is 2. The Bertz CT molecular complexity index is 845. The summed E-state index contributed by atoms with van der Waals surface area (Å²) in [5.41, 5.74) is 2.39. The van der Waals surface area contributed by atoms with E-state index in [0.717, 1.165) is 11.3 Å². The zero-order valence-electron chi connectivity index (χ0n) is 15.2. The molecule has 0 N–H and O–H groups in total. The summed E-state index contributed by atoms with van der Waals surface area (Å²) < 4.78 is 0. The summed E-state index contributed by atoms with van der Waals surface area (Å²) >= 11 is 0. The van der Waals surface area contributed by atoms with E-state index in [2.05, 4.69) is 11.1 Å². The molecule has 0 atom stereocenters. The molecule has 2 heterocycles. The minimum absolute atomic E-state index is 0.0561. The zero-order valence-corrected chi connectivity index (χ0v) is 15.2. The summed E-state index contributed by atoms with van der Waals surface area (Å²) in [5.74, 6) is -0.171. The highest BCUT2D eigenvalue weighted by atomic mass is 16.2. The number of aromatic nitrogens is 1. The SMILES string of the molecule is CN(CC(=O)N1CCN(c2ccc(C#N)cc2)C(=O)C1)Cc1ccncc1. The lowest BCUT2D eigenvalue weighted by molar-refractivity contribution is -0.137. The summed E-state index contributed by atoms with van der Waals surface area (Å²) in [6.45, 7) is 1.92. The Morgan fingerprint density at radius 3 is 2.52 bits per heavy atom. The number of nitriles is 1. The Morgan fingerprint density at radius 2 is 1.89 bits per heavy atom. The highest BCUT2D eigenvalue weighted by Gasteiger charge is 2.28. The predicted octanol–water partition coefficient (Wildman–Crippen LogP) is 1.26. The minimum Gasteiger partial charge on any atom is -0.330 e. The molecule has 0 radical (unpaired) electrons. The van der Waals surface area contributed by atoms with Crippen molar-refractivity contribution < 1.29 is 9.59 Å². The molecule has 1 aromatic carbocycles. The summed E-state index contributed by atoms with van der Waals surface area (Å²) in [6.07, 6.45) is 3.46. The van der Waals surface area contributed by atoms with E-state index < -0.39 is 0 Å². The van der Waals surface area contributed by atoms with Crippen LogP contribution in [0.1, 0.15) is 11.1 Å². The smallest absolute Gasteiger partial charge is 0.246 e. The van der Waals surface area contributed by atoms with Crippen LogP contribution >= 0.6 is 0 Å². The first-order valence-electron chi connectivity index (χ1n) is 8.72. The lowest BCUT2D eigenvalue weighted by Gasteiger charge is -2.35. The van der Waals surface area contributed by atoms with Crippen LogP contribution in [-0.2, 0) is 16.1 Å². The van der Waals surface area contributed by atoms with Gasteiger partial charge in [-0.15, -0.1) is 0 Å². The molecule has 1 aliphatic heterocycles. The Morgan fingerprint density at radius 1 is 1.19 bits per heavy atom. The zero-order chi connectivity index (χ0) is 19.2. The van der Waals surface area contributed by atoms with Crippen LogP contribution in [0.3, 0.4) is 0 Å². The van der Waals surface area contributed by atoms with Gasteiger partial charge in [-0.25, -0.2) is 0 Å². The van der Waals surface area contributed by atoms with Crippen molar-refractivity contribution in [1.82, 2.24) is 14.8 Å². The van der Waals surface area contributed by atoms with Gasteiger partial charge < -0.3 is 9.80 Å². The lowest BCUT2D eigenvalue weighted by Crippen LogP contribution is -2.54. The number of pyridine rings is 1. The number of carbonyl (C=O) groups excluding carboxylic acids is 2. The fourth-order valence-corrected chi connectivity index (χ4v) is 3.06. The van der Waals surface area contributed by atoms with Crippen LogP contribution in [0.25, 0.3) is 0 Å². The average Bonchev–Trinajstić information content (AvgIpc) is 2.68. The van der Waals surface area contributed by atoms with Gasteiger partial charge in [0.2, 0.25) is 11.8 Å². The first kappa shape index (κ1) is 18.5. The van der Waals surface area contributed by atoms with E-state index >= 15 is 0 Å². The largest absolute Gasteiger partial charge is 0.330 e. The highest BCUT2D eigenvalue weighted by molar-refractivity contribution is 5.98. The van der Waals surface area contributed by atoms with Crippen LogP contribution in [0, 0.1) is 11.3 Å². The molecular weight excluding hydrogens is 342 g/mol. The third-order valence-electron chi connectivity index (χ3n) is 4.49. The number of hydrogen-bond donors (Lipinski definition) is 0. The normalized spacial score (nSPS) is 14.3. The van der Waals surface area contributed by atoms with E-state index in [0.29, 0.717) is 25.2 Å². The number of hydrogen-bond acceptors (Lipinski definition) is 5. The second-order valence-electron chi connectivity index (χ2n) is 6.55. The van der Waals surface area contributed by atoms with Gasteiger partial charge >= 0.3 is 0 Å². The third kappa shape index (κ3) is 4.68. The van der Waals surface area contributed by atoms with Gasteiger partial charge in [-0.05, 0) is 49.0 Å². The van der Waals surface area contributed by atoms with Crippen LogP contribution < -0.4 is 4.90 Å². The van der Waals surface area contributed by atoms with Gasteiger partial charge in [-0.2, -0.15) is 5.26 Å². The van der Waals surface area contributed by atoms with E-state index in [1.165, 1.54) is 0 Å². The van der Waals surface area contributed by atoms with Crippen molar-refractivity contribution in [1.29, 1.82) is 5.26 Å². The van der Waals surface area contributed by atoms with Crippen LogP contribution in [0.15, 0.2) is 48.8 Å². The number of nitrogens with zero attached hydrogens (tertiary/aromatic N) is 5. The molecule has 27 heavy (non-hydrogen) atoms. The molecule has 7 nitrogen and oxygen atoms in total. The maximum Gasteiger partial charge on any atom is 0.246 e. The summed E-state index contributed by atoms with van der Waals surface area (Å²) in [5, 5.41) is 8.87. The molecule has 0 bridgehead atoms. The number of piperazine rings is 1. The molecule has 2 aromatic rings. The van der Waals surface area contributed by atoms with E-state index in [9.17, 15) is 9.59 Å². The molecule has 1 aliphatic rings. The minimum atomic E-state index is -0.115. The van der Waals surface area contributed by atoms with Gasteiger partial charge in [-0.1, -0.05) is 0 Å². The Hall–Kier alpha value is -3.24. The van der Waals surface area contributed by atoms with E-state index in [1.54, 1.807) is 46.5 Å². The molecule has 3 rings (SSSR count). The molecule has 0 saturated carbocycles. The van der Waals surface area contributed by atoms with Crippen LogP contribution in [0.2, 0.25) is 0 Å². The summed E-state index contributed by atoms with van der Waals surface area (Å²) in [4.78, 5) is 34.2. The Balaban J connectivity index is 1.54. The number of amides is 2. The summed E-state index contributed by atoms with van der Waals surface area (Å²) in [6, 6.07) is 12.8. The van der Waals surface area contributed by atoms with Crippen molar-refractivity contribution in [2.24, 2.45) is 0 Å². The standard InChI is InChI=1S/C20H21N5O2/c1-23(13-17-6-8-22-9-7-17)14-19(26)24-10-11-25(20(27)15-24)18-4-2-16(12-21)3-5-18/h2-9H,10-11,13-15H2,1H3. The van der Waals surface area contributed by atoms with Gasteiger partial charge in [0.25, 0.3) is 0 Å². The highest BCUT2D eigenvalue weighted by Crippen LogP contribution is 2.18. The van der Waals surface area contributed by atoms with Crippen molar-refractivity contribution in [2.75, 3.05) is 38.1 Å².